The molecule has 0 aliphatic carbocycles. The molecule has 0 aliphatic heterocycles. The number of benzene rings is 2. The zero-order valence-corrected chi connectivity index (χ0v) is 10.5. The lowest BCUT2D eigenvalue weighted by Crippen LogP contribution is -2.05. The Morgan fingerprint density at radius 2 is 1.44 bits per heavy atom. The van der Waals surface area contributed by atoms with E-state index in [0.717, 1.165) is 16.6 Å². The van der Waals surface area contributed by atoms with Gasteiger partial charge in [-0.3, -0.25) is 0 Å². The molecule has 5 heteroatoms. The predicted molar refractivity (Wildman–Crippen MR) is 64.5 cm³/mol. The normalized spacial score (nSPS) is 11.6. The molecule has 0 aromatic heterocycles. The van der Waals surface area contributed by atoms with E-state index in [0.29, 0.717) is 11.6 Å². The highest BCUT2D eigenvalue weighted by molar-refractivity contribution is 9.10. The topological polar surface area (TPSA) is 0 Å². The minimum Gasteiger partial charge on any atom is -0.207 e. The van der Waals surface area contributed by atoms with Gasteiger partial charge in [-0.25, -0.2) is 4.39 Å². The molecular formula is C13H7BrF4. The van der Waals surface area contributed by atoms with Gasteiger partial charge in [0.25, 0.3) is 0 Å². The molecule has 2 aromatic rings. The molecule has 18 heavy (non-hydrogen) atoms. The molecule has 0 amide bonds. The molecule has 0 fully saturated rings. The fourth-order valence-electron chi connectivity index (χ4n) is 1.56. The van der Waals surface area contributed by atoms with Crippen molar-refractivity contribution >= 4 is 15.9 Å². The Morgan fingerprint density at radius 3 is 2.00 bits per heavy atom. The Morgan fingerprint density at radius 1 is 0.833 bits per heavy atom. The van der Waals surface area contributed by atoms with Gasteiger partial charge < -0.3 is 0 Å². The second-order valence-electron chi connectivity index (χ2n) is 3.73. The fraction of sp³-hybridized carbons (Fsp3) is 0.0769. The van der Waals surface area contributed by atoms with E-state index in [1.807, 2.05) is 0 Å². The predicted octanol–water partition coefficient (Wildman–Crippen LogP) is 5.27. The number of hydrogen-bond donors (Lipinski definition) is 0. The molecular weight excluding hydrogens is 312 g/mol. The van der Waals surface area contributed by atoms with Crippen molar-refractivity contribution in [1.29, 1.82) is 0 Å². The summed E-state index contributed by atoms with van der Waals surface area (Å²) >= 11 is 3.22. The van der Waals surface area contributed by atoms with E-state index in [9.17, 15) is 17.6 Å². The van der Waals surface area contributed by atoms with Crippen molar-refractivity contribution in [3.8, 4) is 11.1 Å². The van der Waals surface area contributed by atoms with Gasteiger partial charge in [-0.15, -0.1) is 0 Å². The maximum Gasteiger partial charge on any atom is 0.416 e. The van der Waals surface area contributed by atoms with E-state index in [1.165, 1.54) is 0 Å². The van der Waals surface area contributed by atoms with Crippen LogP contribution in [0.3, 0.4) is 0 Å². The zero-order valence-electron chi connectivity index (χ0n) is 8.93. The Balaban J connectivity index is 2.52. The molecule has 0 spiro atoms. The van der Waals surface area contributed by atoms with Gasteiger partial charge in [-0.05, 0) is 41.5 Å². The van der Waals surface area contributed by atoms with E-state index in [-0.39, 0.29) is 5.56 Å². The molecule has 2 aromatic carbocycles. The largest absolute Gasteiger partial charge is 0.416 e. The first-order valence-electron chi connectivity index (χ1n) is 5.00. The Kier molecular flexibility index (Phi) is 3.43. The van der Waals surface area contributed by atoms with Crippen LogP contribution in [0.25, 0.3) is 11.1 Å². The molecule has 0 saturated heterocycles. The summed E-state index contributed by atoms with van der Waals surface area (Å²) in [4.78, 5) is 0. The number of alkyl halides is 3. The Hall–Kier alpha value is -1.36. The van der Waals surface area contributed by atoms with Crippen molar-refractivity contribution in [2.45, 2.75) is 6.18 Å². The van der Waals surface area contributed by atoms with E-state index < -0.39 is 17.6 Å². The maximum atomic E-state index is 13.2. The molecule has 0 unspecified atom stereocenters. The lowest BCUT2D eigenvalue weighted by molar-refractivity contribution is -0.137. The van der Waals surface area contributed by atoms with Crippen molar-refractivity contribution in [3.05, 3.63) is 58.3 Å². The number of hydrogen-bond acceptors (Lipinski definition) is 0. The van der Waals surface area contributed by atoms with Gasteiger partial charge in [0.05, 0.1) is 5.56 Å². The van der Waals surface area contributed by atoms with E-state index in [1.54, 1.807) is 24.3 Å². The second kappa shape index (κ2) is 4.72. The Labute approximate surface area is 109 Å². The van der Waals surface area contributed by atoms with Crippen molar-refractivity contribution < 1.29 is 17.6 Å². The molecule has 2 rings (SSSR count). The third-order valence-electron chi connectivity index (χ3n) is 2.40. The summed E-state index contributed by atoms with van der Waals surface area (Å²) in [5.74, 6) is -0.900. The number of rotatable bonds is 1. The summed E-state index contributed by atoms with van der Waals surface area (Å²) < 4.78 is 51.7. The van der Waals surface area contributed by atoms with E-state index in [4.69, 9.17) is 0 Å². The van der Waals surface area contributed by atoms with Gasteiger partial charge in [0, 0.05) is 4.47 Å². The van der Waals surface area contributed by atoms with Crippen molar-refractivity contribution in [1.82, 2.24) is 0 Å². The lowest BCUT2D eigenvalue weighted by atomic mass is 10.0. The molecule has 0 radical (unpaired) electrons. The van der Waals surface area contributed by atoms with Crippen molar-refractivity contribution in [3.63, 3.8) is 0 Å². The molecule has 0 heterocycles. The fourth-order valence-corrected chi connectivity index (χ4v) is 1.83. The lowest BCUT2D eigenvalue weighted by Gasteiger charge is -2.09. The minimum atomic E-state index is -4.55. The highest BCUT2D eigenvalue weighted by Crippen LogP contribution is 2.33. The van der Waals surface area contributed by atoms with Gasteiger partial charge >= 0.3 is 6.18 Å². The van der Waals surface area contributed by atoms with Crippen molar-refractivity contribution in [2.24, 2.45) is 0 Å². The molecule has 0 bridgehead atoms. The standard InChI is InChI=1S/C13H7BrF4/c14-11-3-1-8(2-4-11)9-5-10(13(16,17)18)7-12(15)6-9/h1-7H. The van der Waals surface area contributed by atoms with Crippen LogP contribution in [-0.2, 0) is 6.18 Å². The molecule has 0 aliphatic rings. The van der Waals surface area contributed by atoms with Crippen LogP contribution in [-0.4, -0.2) is 0 Å². The van der Waals surface area contributed by atoms with Crippen LogP contribution < -0.4 is 0 Å². The third kappa shape index (κ3) is 2.90. The van der Waals surface area contributed by atoms with Gasteiger partial charge in [0.15, 0.2) is 0 Å². The van der Waals surface area contributed by atoms with Crippen LogP contribution in [0, 0.1) is 5.82 Å². The zero-order chi connectivity index (χ0) is 13.3. The van der Waals surface area contributed by atoms with Crippen LogP contribution in [0.2, 0.25) is 0 Å². The highest BCUT2D eigenvalue weighted by Gasteiger charge is 2.31. The van der Waals surface area contributed by atoms with Crippen LogP contribution >= 0.6 is 15.9 Å². The molecule has 0 N–H and O–H groups in total. The first-order valence-corrected chi connectivity index (χ1v) is 5.79. The summed E-state index contributed by atoms with van der Waals surface area (Å²) in [5, 5.41) is 0. The smallest absolute Gasteiger partial charge is 0.207 e. The van der Waals surface area contributed by atoms with Crippen LogP contribution in [0.4, 0.5) is 17.6 Å². The summed E-state index contributed by atoms with van der Waals surface area (Å²) in [6.45, 7) is 0. The SMILES string of the molecule is Fc1cc(-c2ccc(Br)cc2)cc(C(F)(F)F)c1. The number of halogens is 5. The average molecular weight is 319 g/mol. The third-order valence-corrected chi connectivity index (χ3v) is 2.93. The molecule has 0 nitrogen and oxygen atoms in total. The second-order valence-corrected chi connectivity index (χ2v) is 4.65. The summed E-state index contributed by atoms with van der Waals surface area (Å²) in [6, 6.07) is 9.13. The van der Waals surface area contributed by atoms with Gasteiger partial charge in [0.2, 0.25) is 0 Å². The van der Waals surface area contributed by atoms with Gasteiger partial charge in [-0.2, -0.15) is 13.2 Å². The first kappa shape index (κ1) is 13.1. The van der Waals surface area contributed by atoms with E-state index >= 15 is 0 Å². The summed E-state index contributed by atoms with van der Waals surface area (Å²) in [6.07, 6.45) is -4.55. The van der Waals surface area contributed by atoms with Crippen LogP contribution in [0.5, 0.6) is 0 Å². The van der Waals surface area contributed by atoms with Crippen molar-refractivity contribution in [2.75, 3.05) is 0 Å². The average Bonchev–Trinajstić information content (AvgIpc) is 2.28. The van der Waals surface area contributed by atoms with Gasteiger partial charge in [0.1, 0.15) is 5.82 Å². The van der Waals surface area contributed by atoms with E-state index in [2.05, 4.69) is 15.9 Å². The molecule has 94 valence electrons. The monoisotopic (exact) mass is 318 g/mol. The quantitative estimate of drug-likeness (QED) is 0.628. The molecule has 0 atom stereocenters. The van der Waals surface area contributed by atoms with Crippen LogP contribution in [0.15, 0.2) is 46.9 Å². The minimum absolute atomic E-state index is 0.204. The summed E-state index contributed by atoms with van der Waals surface area (Å²) in [5.41, 5.74) is -0.251. The molecule has 0 saturated carbocycles. The summed E-state index contributed by atoms with van der Waals surface area (Å²) in [7, 11) is 0. The Bertz CT molecular complexity index is 558. The van der Waals surface area contributed by atoms with Crippen LogP contribution in [0.1, 0.15) is 5.56 Å². The maximum absolute atomic E-state index is 13.2. The first-order chi connectivity index (χ1) is 8.36. The highest BCUT2D eigenvalue weighted by atomic mass is 79.9. The van der Waals surface area contributed by atoms with Gasteiger partial charge in [-0.1, -0.05) is 28.1 Å².